The standard InChI is InChI=1S/C22H28FN3OS/c1-3-25-14-4-5-20(25)16-26(15-17-6-12-21(27-2)13-7-17)22(28)24-19-10-8-18(23)9-11-19/h6-13,20H,3-5,14-16H2,1-2H3,(H,24,28)/t20-/m1/s1. The van der Waals surface area contributed by atoms with E-state index in [-0.39, 0.29) is 5.82 Å². The van der Waals surface area contributed by atoms with Crippen LogP contribution in [0.3, 0.4) is 0 Å². The molecule has 0 aromatic heterocycles. The molecule has 1 aliphatic heterocycles. The second-order valence-electron chi connectivity index (χ2n) is 7.09. The summed E-state index contributed by atoms with van der Waals surface area (Å²) in [5.41, 5.74) is 1.97. The summed E-state index contributed by atoms with van der Waals surface area (Å²) < 4.78 is 18.5. The number of rotatable bonds is 7. The average molecular weight is 402 g/mol. The Labute approximate surface area is 172 Å². The van der Waals surface area contributed by atoms with Gasteiger partial charge in [-0.15, -0.1) is 0 Å². The van der Waals surface area contributed by atoms with Crippen LogP contribution < -0.4 is 10.1 Å². The molecule has 2 aromatic carbocycles. The van der Waals surface area contributed by atoms with Gasteiger partial charge in [-0.25, -0.2) is 4.39 Å². The summed E-state index contributed by atoms with van der Waals surface area (Å²) in [6.45, 7) is 5.99. The molecule has 0 spiro atoms. The van der Waals surface area contributed by atoms with Crippen molar-refractivity contribution in [3.63, 3.8) is 0 Å². The molecule has 0 aliphatic carbocycles. The second kappa shape index (κ2) is 9.85. The van der Waals surface area contributed by atoms with Gasteiger partial charge < -0.3 is 15.0 Å². The Kier molecular flexibility index (Phi) is 7.23. The molecule has 1 heterocycles. The molecule has 4 nitrogen and oxygen atoms in total. The number of ether oxygens (including phenoxy) is 1. The minimum Gasteiger partial charge on any atom is -0.497 e. The van der Waals surface area contributed by atoms with Crippen LogP contribution in [0.4, 0.5) is 10.1 Å². The monoisotopic (exact) mass is 401 g/mol. The first-order valence-electron chi connectivity index (χ1n) is 9.77. The Morgan fingerprint density at radius 3 is 2.57 bits per heavy atom. The topological polar surface area (TPSA) is 27.7 Å². The number of benzene rings is 2. The van der Waals surface area contributed by atoms with Gasteiger partial charge in [0.1, 0.15) is 11.6 Å². The van der Waals surface area contributed by atoms with Gasteiger partial charge in [-0.1, -0.05) is 19.1 Å². The SMILES string of the molecule is CCN1CCC[C@@H]1CN(Cc1ccc(OC)cc1)C(=S)Nc1ccc(F)cc1. The molecule has 1 fully saturated rings. The van der Waals surface area contributed by atoms with Gasteiger partial charge >= 0.3 is 0 Å². The van der Waals surface area contributed by atoms with E-state index >= 15 is 0 Å². The van der Waals surface area contributed by atoms with Crippen LogP contribution in [0.1, 0.15) is 25.3 Å². The Hall–Kier alpha value is -2.18. The van der Waals surface area contributed by atoms with Crippen molar-refractivity contribution in [3.8, 4) is 5.75 Å². The summed E-state index contributed by atoms with van der Waals surface area (Å²) >= 11 is 5.73. The molecule has 1 N–H and O–H groups in total. The van der Waals surface area contributed by atoms with E-state index in [0.29, 0.717) is 17.7 Å². The summed E-state index contributed by atoms with van der Waals surface area (Å²) in [7, 11) is 1.67. The number of thiocarbonyl (C=S) groups is 1. The second-order valence-corrected chi connectivity index (χ2v) is 7.48. The van der Waals surface area contributed by atoms with Crippen LogP contribution in [0.5, 0.6) is 5.75 Å². The fraction of sp³-hybridized carbons (Fsp3) is 0.409. The number of methoxy groups -OCH3 is 1. The maximum absolute atomic E-state index is 13.2. The van der Waals surface area contributed by atoms with Crippen LogP contribution in [0, 0.1) is 5.82 Å². The Morgan fingerprint density at radius 1 is 1.21 bits per heavy atom. The molecule has 1 aliphatic rings. The molecular formula is C22H28FN3OS. The Bertz CT molecular complexity index is 766. The van der Waals surface area contributed by atoms with Crippen LogP contribution in [0.15, 0.2) is 48.5 Å². The minimum absolute atomic E-state index is 0.254. The third-order valence-electron chi connectivity index (χ3n) is 5.25. The quantitative estimate of drug-likeness (QED) is 0.689. The normalized spacial score (nSPS) is 16.8. The van der Waals surface area contributed by atoms with Crippen molar-refractivity contribution in [2.45, 2.75) is 32.4 Å². The minimum atomic E-state index is -0.254. The molecule has 0 radical (unpaired) electrons. The maximum Gasteiger partial charge on any atom is 0.173 e. The van der Waals surface area contributed by atoms with Gasteiger partial charge in [0.15, 0.2) is 5.11 Å². The molecular weight excluding hydrogens is 373 g/mol. The summed E-state index contributed by atoms with van der Waals surface area (Å²) in [5, 5.41) is 3.92. The van der Waals surface area contributed by atoms with Crippen molar-refractivity contribution in [2.24, 2.45) is 0 Å². The molecule has 150 valence electrons. The first-order valence-corrected chi connectivity index (χ1v) is 10.2. The number of nitrogens with one attached hydrogen (secondary N) is 1. The van der Waals surface area contributed by atoms with Gasteiger partial charge in [0.25, 0.3) is 0 Å². The van der Waals surface area contributed by atoms with E-state index in [1.165, 1.54) is 30.5 Å². The number of hydrogen-bond acceptors (Lipinski definition) is 3. The number of likely N-dealkylation sites (tertiary alicyclic amines) is 1. The predicted octanol–water partition coefficient (Wildman–Crippen LogP) is 4.52. The van der Waals surface area contributed by atoms with E-state index in [1.54, 1.807) is 19.2 Å². The number of likely N-dealkylation sites (N-methyl/N-ethyl adjacent to an activating group) is 1. The molecule has 2 aromatic rings. The van der Waals surface area contributed by atoms with Gasteiger partial charge in [0, 0.05) is 24.8 Å². The van der Waals surface area contributed by atoms with Crippen molar-refractivity contribution in [1.82, 2.24) is 9.80 Å². The molecule has 1 saturated heterocycles. The molecule has 28 heavy (non-hydrogen) atoms. The van der Waals surface area contributed by atoms with E-state index in [4.69, 9.17) is 17.0 Å². The number of halogens is 1. The molecule has 0 saturated carbocycles. The van der Waals surface area contributed by atoms with Crippen LogP contribution >= 0.6 is 12.2 Å². The number of hydrogen-bond donors (Lipinski definition) is 1. The fourth-order valence-electron chi connectivity index (χ4n) is 3.68. The van der Waals surface area contributed by atoms with Gasteiger partial charge in [0.05, 0.1) is 7.11 Å². The lowest BCUT2D eigenvalue weighted by molar-refractivity contribution is 0.221. The highest BCUT2D eigenvalue weighted by Gasteiger charge is 2.26. The van der Waals surface area contributed by atoms with Crippen molar-refractivity contribution < 1.29 is 9.13 Å². The molecule has 0 bridgehead atoms. The van der Waals surface area contributed by atoms with E-state index < -0.39 is 0 Å². The van der Waals surface area contributed by atoms with Gasteiger partial charge in [-0.3, -0.25) is 4.90 Å². The van der Waals surface area contributed by atoms with Gasteiger partial charge in [0.2, 0.25) is 0 Å². The predicted molar refractivity (Wildman–Crippen MR) is 116 cm³/mol. The number of nitrogens with zero attached hydrogens (tertiary/aromatic N) is 2. The summed E-state index contributed by atoms with van der Waals surface area (Å²) in [6, 6.07) is 14.9. The zero-order valence-electron chi connectivity index (χ0n) is 16.5. The lowest BCUT2D eigenvalue weighted by atomic mass is 10.1. The molecule has 1 atom stereocenters. The van der Waals surface area contributed by atoms with E-state index in [0.717, 1.165) is 31.1 Å². The van der Waals surface area contributed by atoms with Crippen molar-refractivity contribution in [3.05, 3.63) is 59.9 Å². The Balaban J connectivity index is 1.73. The van der Waals surface area contributed by atoms with E-state index in [2.05, 4.69) is 34.2 Å². The largest absolute Gasteiger partial charge is 0.497 e. The average Bonchev–Trinajstić information content (AvgIpc) is 3.17. The molecule has 3 rings (SSSR count). The van der Waals surface area contributed by atoms with Crippen molar-refractivity contribution >= 4 is 23.0 Å². The first-order chi connectivity index (χ1) is 13.6. The zero-order valence-corrected chi connectivity index (χ0v) is 17.3. The molecule has 6 heteroatoms. The highest BCUT2D eigenvalue weighted by atomic mass is 32.1. The number of anilines is 1. The first kappa shape index (κ1) is 20.6. The summed E-state index contributed by atoms with van der Waals surface area (Å²) in [6.07, 6.45) is 2.42. The summed E-state index contributed by atoms with van der Waals surface area (Å²) in [4.78, 5) is 4.72. The summed E-state index contributed by atoms with van der Waals surface area (Å²) in [5.74, 6) is 0.589. The van der Waals surface area contributed by atoms with Crippen LogP contribution in [0.25, 0.3) is 0 Å². The van der Waals surface area contributed by atoms with Crippen LogP contribution in [-0.4, -0.2) is 47.7 Å². The van der Waals surface area contributed by atoms with E-state index in [9.17, 15) is 4.39 Å². The lowest BCUT2D eigenvalue weighted by Gasteiger charge is -2.32. The third kappa shape index (κ3) is 5.42. The molecule has 0 unspecified atom stereocenters. The van der Waals surface area contributed by atoms with Crippen molar-refractivity contribution in [1.29, 1.82) is 0 Å². The van der Waals surface area contributed by atoms with Crippen molar-refractivity contribution in [2.75, 3.05) is 32.1 Å². The fourth-order valence-corrected chi connectivity index (χ4v) is 3.94. The smallest absolute Gasteiger partial charge is 0.173 e. The molecule has 0 amide bonds. The Morgan fingerprint density at radius 2 is 1.93 bits per heavy atom. The lowest BCUT2D eigenvalue weighted by Crippen LogP contribution is -2.44. The highest BCUT2D eigenvalue weighted by molar-refractivity contribution is 7.80. The third-order valence-corrected chi connectivity index (χ3v) is 5.61. The van der Waals surface area contributed by atoms with Gasteiger partial charge in [-0.05, 0) is 80.1 Å². The van der Waals surface area contributed by atoms with Crippen LogP contribution in [0.2, 0.25) is 0 Å². The zero-order chi connectivity index (χ0) is 19.9. The van der Waals surface area contributed by atoms with Crippen LogP contribution in [-0.2, 0) is 6.54 Å². The highest BCUT2D eigenvalue weighted by Crippen LogP contribution is 2.21. The maximum atomic E-state index is 13.2. The van der Waals surface area contributed by atoms with Gasteiger partial charge in [-0.2, -0.15) is 0 Å². The van der Waals surface area contributed by atoms with E-state index in [1.807, 2.05) is 12.1 Å².